The van der Waals surface area contributed by atoms with Gasteiger partial charge < -0.3 is 14.4 Å². The fourth-order valence-corrected chi connectivity index (χ4v) is 5.18. The van der Waals surface area contributed by atoms with E-state index in [1.165, 1.54) is 0 Å². The monoisotopic (exact) mass is 461 g/mol. The molecule has 0 spiro atoms. The molecule has 4 aromatic rings. The third-order valence-corrected chi connectivity index (χ3v) is 6.73. The van der Waals surface area contributed by atoms with Crippen LogP contribution in [0.5, 0.6) is 11.5 Å². The molecule has 2 aliphatic rings. The molecule has 0 aromatic heterocycles. The van der Waals surface area contributed by atoms with E-state index in [1.807, 2.05) is 42.5 Å². The molecule has 0 radical (unpaired) electrons. The summed E-state index contributed by atoms with van der Waals surface area (Å²) >= 11 is 0. The molecule has 1 saturated heterocycles. The Morgan fingerprint density at radius 3 is 1.43 bits per heavy atom. The molecule has 172 valence electrons. The summed E-state index contributed by atoms with van der Waals surface area (Å²) in [5.74, 6) is -0.485. The normalized spacial score (nSPS) is 17.7. The number of hydrogen-bond acceptors (Lipinski definition) is 5. The minimum Gasteiger partial charge on any atom is -0.419 e. The maximum Gasteiger partial charge on any atom is 0.343 e. The number of carbonyl (C=O) groups is 2. The minimum atomic E-state index is -0.495. The van der Waals surface area contributed by atoms with Gasteiger partial charge in [0.05, 0.1) is 23.2 Å². The van der Waals surface area contributed by atoms with Crippen LogP contribution in [0.2, 0.25) is 0 Å². The largest absolute Gasteiger partial charge is 0.419 e. The number of fused-ring (bicyclic) bond motifs is 5. The molecule has 4 aromatic carbocycles. The molecule has 35 heavy (non-hydrogen) atoms. The van der Waals surface area contributed by atoms with Crippen LogP contribution in [0.25, 0.3) is 0 Å². The second-order valence-corrected chi connectivity index (χ2v) is 8.79. The zero-order chi connectivity index (χ0) is 23.8. The van der Waals surface area contributed by atoms with E-state index in [1.54, 1.807) is 48.5 Å². The van der Waals surface area contributed by atoms with Crippen molar-refractivity contribution in [1.82, 2.24) is 0 Å². The van der Waals surface area contributed by atoms with Crippen molar-refractivity contribution >= 4 is 17.6 Å². The van der Waals surface area contributed by atoms with Crippen LogP contribution >= 0.6 is 0 Å². The molecule has 0 N–H and O–H groups in total. The number of nitrogens with zero attached hydrogens (tertiary/aromatic N) is 1. The fourth-order valence-electron chi connectivity index (χ4n) is 5.18. The predicted molar refractivity (Wildman–Crippen MR) is 133 cm³/mol. The molecule has 0 saturated carbocycles. The Morgan fingerprint density at radius 1 is 0.600 bits per heavy atom. The first-order valence-electron chi connectivity index (χ1n) is 11.7. The summed E-state index contributed by atoms with van der Waals surface area (Å²) in [5.41, 5.74) is 4.24. The molecule has 5 nitrogen and oxygen atoms in total. The third-order valence-electron chi connectivity index (χ3n) is 6.73. The van der Waals surface area contributed by atoms with Gasteiger partial charge in [-0.1, -0.05) is 54.6 Å². The smallest absolute Gasteiger partial charge is 0.343 e. The highest BCUT2D eigenvalue weighted by atomic mass is 16.6. The van der Waals surface area contributed by atoms with Crippen LogP contribution in [0, 0.1) is 0 Å². The maximum atomic E-state index is 12.9. The molecule has 1 fully saturated rings. The lowest BCUT2D eigenvalue weighted by molar-refractivity contribution is 0.0682. The van der Waals surface area contributed by atoms with Crippen molar-refractivity contribution in [3.8, 4) is 11.5 Å². The van der Waals surface area contributed by atoms with Gasteiger partial charge in [-0.15, -0.1) is 0 Å². The number of anilines is 1. The lowest BCUT2D eigenvalue weighted by Crippen LogP contribution is -2.18. The summed E-state index contributed by atoms with van der Waals surface area (Å²) in [6, 6.07) is 32.1. The lowest BCUT2D eigenvalue weighted by atomic mass is 9.91. The Hall–Kier alpha value is -4.38. The second kappa shape index (κ2) is 8.76. The number of rotatable bonds is 5. The van der Waals surface area contributed by atoms with Gasteiger partial charge in [0.25, 0.3) is 0 Å². The van der Waals surface area contributed by atoms with Crippen LogP contribution in [-0.4, -0.2) is 11.9 Å². The molecule has 2 bridgehead atoms. The summed E-state index contributed by atoms with van der Waals surface area (Å²) < 4.78 is 11.6. The van der Waals surface area contributed by atoms with Gasteiger partial charge >= 0.3 is 11.9 Å². The first-order chi connectivity index (χ1) is 17.2. The SMILES string of the molecule is O=C(Oc1cc2c(cc1OC(=O)c1ccccc1)C1CCC2N1c1ccccc1)c1ccccc1. The van der Waals surface area contributed by atoms with E-state index in [0.717, 1.165) is 29.7 Å². The molecule has 5 heteroatoms. The van der Waals surface area contributed by atoms with Crippen LogP contribution in [0.15, 0.2) is 103 Å². The van der Waals surface area contributed by atoms with Crippen molar-refractivity contribution in [2.24, 2.45) is 0 Å². The number of para-hydroxylation sites is 1. The lowest BCUT2D eigenvalue weighted by Gasteiger charge is -2.24. The standard InChI is InChI=1S/C30H23NO4/c32-29(20-10-4-1-5-11-20)34-27-18-23-24(19-28(27)35-30(33)21-12-6-2-7-13-21)26-17-16-25(23)31(26)22-14-8-3-9-15-22/h1-15,18-19,25-26H,16-17H2. The van der Waals surface area contributed by atoms with Crippen LogP contribution in [0.4, 0.5) is 5.69 Å². The second-order valence-electron chi connectivity index (χ2n) is 8.79. The average Bonchev–Trinajstić information content (AvgIpc) is 3.47. The predicted octanol–water partition coefficient (Wildman–Crippen LogP) is 6.52. The summed E-state index contributed by atoms with van der Waals surface area (Å²) in [5, 5.41) is 0. The van der Waals surface area contributed by atoms with Crippen molar-refractivity contribution < 1.29 is 19.1 Å². The molecule has 2 heterocycles. The average molecular weight is 462 g/mol. The molecule has 2 unspecified atom stereocenters. The quantitative estimate of drug-likeness (QED) is 0.250. The molecular formula is C30H23NO4. The Balaban J connectivity index is 1.39. The Kier molecular flexibility index (Phi) is 5.30. The van der Waals surface area contributed by atoms with Crippen LogP contribution in [0.3, 0.4) is 0 Å². The van der Waals surface area contributed by atoms with Crippen LogP contribution < -0.4 is 14.4 Å². The number of ether oxygens (including phenoxy) is 2. The van der Waals surface area contributed by atoms with E-state index < -0.39 is 11.9 Å². The van der Waals surface area contributed by atoms with E-state index in [-0.39, 0.29) is 23.6 Å². The Morgan fingerprint density at radius 2 is 1.00 bits per heavy atom. The number of benzene rings is 4. The summed E-state index contributed by atoms with van der Waals surface area (Å²) in [6.07, 6.45) is 2.03. The molecular weight excluding hydrogens is 438 g/mol. The van der Waals surface area contributed by atoms with Crippen LogP contribution in [-0.2, 0) is 0 Å². The van der Waals surface area contributed by atoms with Gasteiger partial charge in [-0.05, 0) is 72.5 Å². The zero-order valence-corrected chi connectivity index (χ0v) is 19.0. The van der Waals surface area contributed by atoms with Crippen LogP contribution in [0.1, 0.15) is 56.8 Å². The first kappa shape index (κ1) is 21.2. The van der Waals surface area contributed by atoms with Gasteiger partial charge in [0, 0.05) is 5.69 Å². The molecule has 6 rings (SSSR count). The molecule has 0 aliphatic carbocycles. The van der Waals surface area contributed by atoms with Crippen molar-refractivity contribution in [3.63, 3.8) is 0 Å². The molecule has 2 aliphatic heterocycles. The summed E-state index contributed by atoms with van der Waals surface area (Å²) in [7, 11) is 0. The first-order valence-corrected chi connectivity index (χ1v) is 11.7. The zero-order valence-electron chi connectivity index (χ0n) is 19.0. The van der Waals surface area contributed by atoms with Crippen molar-refractivity contribution in [2.45, 2.75) is 24.9 Å². The Bertz CT molecular complexity index is 1300. The van der Waals surface area contributed by atoms with Gasteiger partial charge in [0.2, 0.25) is 0 Å². The highest BCUT2D eigenvalue weighted by molar-refractivity contribution is 5.93. The van der Waals surface area contributed by atoms with E-state index in [2.05, 4.69) is 17.0 Å². The van der Waals surface area contributed by atoms with Gasteiger partial charge in [-0.25, -0.2) is 9.59 Å². The van der Waals surface area contributed by atoms with Gasteiger partial charge in [0.15, 0.2) is 11.5 Å². The molecule has 2 atom stereocenters. The molecule has 0 amide bonds. The van der Waals surface area contributed by atoms with Gasteiger partial charge in [-0.2, -0.15) is 0 Å². The maximum absolute atomic E-state index is 12.9. The van der Waals surface area contributed by atoms with Crippen molar-refractivity contribution in [1.29, 1.82) is 0 Å². The summed E-state index contributed by atoms with van der Waals surface area (Å²) in [4.78, 5) is 28.2. The van der Waals surface area contributed by atoms with E-state index in [0.29, 0.717) is 11.1 Å². The van der Waals surface area contributed by atoms with E-state index in [4.69, 9.17) is 9.47 Å². The number of esters is 2. The van der Waals surface area contributed by atoms with Gasteiger partial charge in [0.1, 0.15) is 0 Å². The number of hydrogen-bond donors (Lipinski definition) is 0. The van der Waals surface area contributed by atoms with Gasteiger partial charge in [-0.3, -0.25) is 0 Å². The highest BCUT2D eigenvalue weighted by Gasteiger charge is 2.45. The Labute approximate surface area is 203 Å². The van der Waals surface area contributed by atoms with Crippen molar-refractivity contribution in [3.05, 3.63) is 125 Å². The third kappa shape index (κ3) is 3.85. The number of carbonyl (C=O) groups excluding carboxylic acids is 2. The van der Waals surface area contributed by atoms with E-state index >= 15 is 0 Å². The van der Waals surface area contributed by atoms with E-state index in [9.17, 15) is 9.59 Å². The topological polar surface area (TPSA) is 55.8 Å². The fraction of sp³-hybridized carbons (Fsp3) is 0.133. The minimum absolute atomic E-state index is 0.186. The van der Waals surface area contributed by atoms with Crippen molar-refractivity contribution in [2.75, 3.05) is 4.90 Å². The highest BCUT2D eigenvalue weighted by Crippen LogP contribution is 2.56. The summed E-state index contributed by atoms with van der Waals surface area (Å²) in [6.45, 7) is 0.